The highest BCUT2D eigenvalue weighted by Crippen LogP contribution is 2.38. The molecule has 9 heteroatoms. The average Bonchev–Trinajstić information content (AvgIpc) is 3.04. The molecule has 7 nitrogen and oxygen atoms in total. The van der Waals surface area contributed by atoms with E-state index >= 15 is 0 Å². The Bertz CT molecular complexity index is 875. The average molecular weight is 484 g/mol. The predicted molar refractivity (Wildman–Crippen MR) is 127 cm³/mol. The lowest BCUT2D eigenvalue weighted by Gasteiger charge is -2.37. The van der Waals surface area contributed by atoms with E-state index in [1.54, 1.807) is 26.8 Å². The maximum Gasteiger partial charge on any atom is 0.408 e. The van der Waals surface area contributed by atoms with Gasteiger partial charge in [-0.3, -0.25) is 0 Å². The van der Waals surface area contributed by atoms with Crippen molar-refractivity contribution in [1.82, 2.24) is 5.32 Å². The molecule has 0 radical (unpaired) electrons. The topological polar surface area (TPSA) is 94.1 Å². The van der Waals surface area contributed by atoms with Gasteiger partial charge in [-0.25, -0.2) is 14.0 Å². The van der Waals surface area contributed by atoms with Crippen molar-refractivity contribution >= 4 is 20.4 Å². The Kier molecular flexibility index (Phi) is 8.22. The van der Waals surface area contributed by atoms with E-state index < -0.39 is 32.0 Å². The van der Waals surface area contributed by atoms with Crippen molar-refractivity contribution in [2.45, 2.75) is 84.2 Å². The second kappa shape index (κ2) is 10.0. The summed E-state index contributed by atoms with van der Waals surface area (Å²) >= 11 is 0. The van der Waals surface area contributed by atoms with Crippen molar-refractivity contribution in [1.29, 1.82) is 0 Å². The zero-order valence-corrected chi connectivity index (χ0v) is 22.0. The Labute approximate surface area is 197 Å². The van der Waals surface area contributed by atoms with E-state index in [0.717, 1.165) is 5.56 Å². The van der Waals surface area contributed by atoms with Gasteiger partial charge >= 0.3 is 12.1 Å². The normalized spacial score (nSPS) is 17.3. The molecular formula is C24H38FNO6Si. The monoisotopic (exact) mass is 483 g/mol. The van der Waals surface area contributed by atoms with Gasteiger partial charge in [0.05, 0.1) is 0 Å². The smallest absolute Gasteiger partial charge is 0.408 e. The molecule has 0 heterocycles. The molecular weight excluding hydrogens is 445 g/mol. The predicted octanol–water partition coefficient (Wildman–Crippen LogP) is 4.92. The van der Waals surface area contributed by atoms with Gasteiger partial charge in [0.2, 0.25) is 0 Å². The lowest BCUT2D eigenvalue weighted by atomic mass is 10.1. The number of halogens is 1. The number of ether oxygens (including phenoxy) is 2. The van der Waals surface area contributed by atoms with E-state index in [1.165, 1.54) is 6.07 Å². The molecule has 1 amide bonds. The lowest BCUT2D eigenvalue weighted by molar-refractivity contribution is -0.140. The van der Waals surface area contributed by atoms with Crippen LogP contribution in [0.5, 0.6) is 5.75 Å². The van der Waals surface area contributed by atoms with Crippen LogP contribution in [0.4, 0.5) is 9.18 Å². The van der Waals surface area contributed by atoms with Crippen LogP contribution in [0.25, 0.3) is 0 Å². The van der Waals surface area contributed by atoms with Crippen LogP contribution in [0.3, 0.4) is 0 Å². The summed E-state index contributed by atoms with van der Waals surface area (Å²) in [6.45, 7) is 16.2. The van der Waals surface area contributed by atoms with Gasteiger partial charge in [-0.05, 0) is 74.9 Å². The van der Waals surface area contributed by atoms with Crippen molar-refractivity contribution in [3.63, 3.8) is 0 Å². The van der Waals surface area contributed by atoms with E-state index in [2.05, 4.69) is 39.2 Å². The highest BCUT2D eigenvalue weighted by atomic mass is 28.4. The van der Waals surface area contributed by atoms with E-state index in [9.17, 15) is 19.1 Å². The van der Waals surface area contributed by atoms with Gasteiger partial charge in [0.15, 0.2) is 14.4 Å². The Hall–Kier alpha value is -2.13. The first kappa shape index (κ1) is 27.1. The number of benzene rings is 1. The van der Waals surface area contributed by atoms with Crippen LogP contribution >= 0.6 is 0 Å². The molecule has 0 bridgehead atoms. The third-order valence-electron chi connectivity index (χ3n) is 6.15. The van der Waals surface area contributed by atoms with Gasteiger partial charge in [0.1, 0.15) is 23.8 Å². The number of rotatable bonds is 8. The highest BCUT2D eigenvalue weighted by molar-refractivity contribution is 6.74. The van der Waals surface area contributed by atoms with Gasteiger partial charge in [0.25, 0.3) is 0 Å². The van der Waals surface area contributed by atoms with Crippen molar-refractivity contribution < 1.29 is 33.0 Å². The minimum absolute atomic E-state index is 0.110. The zero-order chi connectivity index (χ0) is 25.2. The molecule has 1 aromatic rings. The molecule has 2 N–H and O–H groups in total. The summed E-state index contributed by atoms with van der Waals surface area (Å²) < 4.78 is 31.7. The van der Waals surface area contributed by atoms with Gasteiger partial charge < -0.3 is 24.3 Å². The fourth-order valence-corrected chi connectivity index (χ4v) is 4.38. The number of carboxylic acids is 1. The largest absolute Gasteiger partial charge is 0.491 e. The Morgan fingerprint density at radius 3 is 2.36 bits per heavy atom. The van der Waals surface area contributed by atoms with Crippen LogP contribution in [0.15, 0.2) is 12.1 Å². The SMILES string of the molecule is CC(C)(C)OC(=O)NC(COc1cc(F)c2c(c1)CC(CO[Si](C)(C)C(C)(C)C)C2)C(=O)O. The first-order valence-corrected chi connectivity index (χ1v) is 14.2. The third kappa shape index (κ3) is 7.70. The molecule has 0 fully saturated rings. The number of carbonyl (C=O) groups excluding carboxylic acids is 1. The standard InChI is InChI=1S/C24H38FNO6Si/c1-23(2,3)32-22(29)26-20(21(27)28)14-30-17-11-16-9-15(10-18(16)19(25)12-17)13-31-33(7,8)24(4,5)6/h11-12,15,20H,9-10,13-14H2,1-8H3,(H,26,29)(H,27,28). The number of amides is 1. The fraction of sp³-hybridized carbons (Fsp3) is 0.667. The highest BCUT2D eigenvalue weighted by Gasteiger charge is 2.38. The maximum atomic E-state index is 14.7. The quantitative estimate of drug-likeness (QED) is 0.510. The minimum atomic E-state index is -1.88. The summed E-state index contributed by atoms with van der Waals surface area (Å²) in [5, 5.41) is 11.8. The number of aliphatic carboxylic acids is 1. The van der Waals surface area contributed by atoms with Crippen LogP contribution in [-0.4, -0.2) is 50.3 Å². The van der Waals surface area contributed by atoms with Crippen molar-refractivity contribution in [3.8, 4) is 5.75 Å². The van der Waals surface area contributed by atoms with Crippen molar-refractivity contribution in [3.05, 3.63) is 29.1 Å². The van der Waals surface area contributed by atoms with Gasteiger partial charge in [0, 0.05) is 12.7 Å². The number of carbonyl (C=O) groups is 2. The summed E-state index contributed by atoms with van der Waals surface area (Å²) in [5.41, 5.74) is 0.746. The maximum absolute atomic E-state index is 14.7. The van der Waals surface area contributed by atoms with Crippen LogP contribution in [0, 0.1) is 11.7 Å². The summed E-state index contributed by atoms with van der Waals surface area (Å²) in [4.78, 5) is 23.4. The fourth-order valence-electron chi connectivity index (χ4n) is 3.30. The van der Waals surface area contributed by atoms with Crippen LogP contribution in [0.2, 0.25) is 18.1 Å². The molecule has 0 saturated carbocycles. The third-order valence-corrected chi connectivity index (χ3v) is 10.7. The number of fused-ring (bicyclic) bond motifs is 1. The molecule has 2 rings (SSSR count). The molecule has 2 atom stereocenters. The number of carboxylic acid groups (broad SMARTS) is 1. The number of hydrogen-bond acceptors (Lipinski definition) is 5. The first-order valence-electron chi connectivity index (χ1n) is 11.3. The van der Waals surface area contributed by atoms with E-state index in [1.807, 2.05) is 0 Å². The second-order valence-electron chi connectivity index (χ2n) is 11.2. The van der Waals surface area contributed by atoms with Crippen LogP contribution in [0.1, 0.15) is 52.7 Å². The Balaban J connectivity index is 2.00. The first-order chi connectivity index (χ1) is 15.0. The lowest BCUT2D eigenvalue weighted by Crippen LogP contribution is -2.46. The molecule has 186 valence electrons. The van der Waals surface area contributed by atoms with E-state index in [-0.39, 0.29) is 29.1 Å². The molecule has 0 saturated heterocycles. The summed E-state index contributed by atoms with van der Waals surface area (Å²) in [6, 6.07) is 1.68. The summed E-state index contributed by atoms with van der Waals surface area (Å²) in [7, 11) is -1.88. The molecule has 0 aromatic heterocycles. The van der Waals surface area contributed by atoms with Crippen molar-refractivity contribution in [2.75, 3.05) is 13.2 Å². The van der Waals surface area contributed by atoms with Gasteiger partial charge in [-0.2, -0.15) is 0 Å². The number of hydrogen-bond donors (Lipinski definition) is 2. The molecule has 2 unspecified atom stereocenters. The van der Waals surface area contributed by atoms with E-state index in [4.69, 9.17) is 13.9 Å². The second-order valence-corrected chi connectivity index (χ2v) is 16.0. The van der Waals surface area contributed by atoms with Crippen LogP contribution < -0.4 is 10.1 Å². The molecule has 1 aromatic carbocycles. The Morgan fingerprint density at radius 1 is 1.18 bits per heavy atom. The van der Waals surface area contributed by atoms with Crippen molar-refractivity contribution in [2.24, 2.45) is 5.92 Å². The molecule has 1 aliphatic rings. The van der Waals surface area contributed by atoms with Gasteiger partial charge in [-0.15, -0.1) is 0 Å². The molecule has 0 spiro atoms. The Morgan fingerprint density at radius 2 is 1.82 bits per heavy atom. The van der Waals surface area contributed by atoms with Gasteiger partial charge in [-0.1, -0.05) is 20.8 Å². The number of nitrogens with one attached hydrogen (secondary N) is 1. The minimum Gasteiger partial charge on any atom is -0.491 e. The molecule has 0 aliphatic heterocycles. The van der Waals surface area contributed by atoms with E-state index in [0.29, 0.717) is 25.0 Å². The number of alkyl carbamates (subject to hydrolysis) is 1. The van der Waals surface area contributed by atoms with Crippen LogP contribution in [-0.2, 0) is 26.8 Å². The summed E-state index contributed by atoms with van der Waals surface area (Å²) in [6.07, 6.45) is 0.424. The molecule has 33 heavy (non-hydrogen) atoms. The summed E-state index contributed by atoms with van der Waals surface area (Å²) in [5.74, 6) is -1.22. The zero-order valence-electron chi connectivity index (χ0n) is 21.0. The molecule has 1 aliphatic carbocycles.